The summed E-state index contributed by atoms with van der Waals surface area (Å²) >= 11 is 1.27. The lowest BCUT2D eigenvalue weighted by Gasteiger charge is -2.08. The Morgan fingerprint density at radius 2 is 2.12 bits per heavy atom. The highest BCUT2D eigenvalue weighted by Gasteiger charge is 2.06. The van der Waals surface area contributed by atoms with Crippen molar-refractivity contribution in [2.75, 3.05) is 10.6 Å². The van der Waals surface area contributed by atoms with Crippen LogP contribution in [0, 0.1) is 13.8 Å². The summed E-state index contributed by atoms with van der Waals surface area (Å²) in [6.07, 6.45) is 0. The zero-order chi connectivity index (χ0) is 12.3. The van der Waals surface area contributed by atoms with Gasteiger partial charge in [0.05, 0.1) is 0 Å². The van der Waals surface area contributed by atoms with Crippen molar-refractivity contribution in [3.05, 3.63) is 34.8 Å². The Balaban J connectivity index is 2.03. The summed E-state index contributed by atoms with van der Waals surface area (Å²) in [5.41, 5.74) is 4.54. The first kappa shape index (κ1) is 11.5. The number of hydrogen-bond acceptors (Lipinski definition) is 4. The number of aryl methyl sites for hydroxylation is 2. The lowest BCUT2D eigenvalue weighted by molar-refractivity contribution is 0.262. The second-order valence-electron chi connectivity index (χ2n) is 3.64. The van der Waals surface area contributed by atoms with Crippen molar-refractivity contribution in [1.82, 2.24) is 10.2 Å². The van der Waals surface area contributed by atoms with E-state index >= 15 is 0 Å². The molecule has 6 heteroatoms. The Kier molecular flexibility index (Phi) is 3.34. The van der Waals surface area contributed by atoms with E-state index in [1.165, 1.54) is 11.3 Å². The maximum absolute atomic E-state index is 11.6. The fourth-order valence-electron chi connectivity index (χ4n) is 1.43. The number of nitrogens with zero attached hydrogens (tertiary/aromatic N) is 2. The molecule has 0 spiro atoms. The molecule has 1 aromatic heterocycles. The largest absolute Gasteiger partial charge is 0.325 e. The molecule has 17 heavy (non-hydrogen) atoms. The molecule has 0 aliphatic rings. The van der Waals surface area contributed by atoms with Crippen LogP contribution in [0.4, 0.5) is 15.6 Å². The first-order valence-corrected chi connectivity index (χ1v) is 5.94. The average Bonchev–Trinajstić information content (AvgIpc) is 2.75. The van der Waals surface area contributed by atoms with Crippen molar-refractivity contribution in [1.29, 1.82) is 0 Å². The Labute approximate surface area is 103 Å². The van der Waals surface area contributed by atoms with Crippen molar-refractivity contribution in [2.45, 2.75) is 13.8 Å². The highest BCUT2D eigenvalue weighted by atomic mass is 32.1. The lowest BCUT2D eigenvalue weighted by atomic mass is 10.1. The summed E-state index contributed by atoms with van der Waals surface area (Å²) in [6, 6.07) is 5.53. The predicted octanol–water partition coefficient (Wildman–Crippen LogP) is 2.80. The van der Waals surface area contributed by atoms with Gasteiger partial charge in [0, 0.05) is 5.69 Å². The molecule has 0 saturated carbocycles. The molecule has 0 aliphatic carbocycles. The number of anilines is 2. The normalized spacial score (nSPS) is 10.0. The van der Waals surface area contributed by atoms with Gasteiger partial charge in [-0.3, -0.25) is 5.32 Å². The van der Waals surface area contributed by atoms with Gasteiger partial charge in [0.1, 0.15) is 5.51 Å². The summed E-state index contributed by atoms with van der Waals surface area (Å²) in [4.78, 5) is 11.6. The molecule has 2 N–H and O–H groups in total. The van der Waals surface area contributed by atoms with Gasteiger partial charge in [0.25, 0.3) is 0 Å². The van der Waals surface area contributed by atoms with Crippen LogP contribution in [0.3, 0.4) is 0 Å². The maximum atomic E-state index is 11.6. The number of carbonyl (C=O) groups excluding carboxylic acids is 1. The van der Waals surface area contributed by atoms with Crippen molar-refractivity contribution < 1.29 is 4.79 Å². The molecule has 0 saturated heterocycles. The van der Waals surface area contributed by atoms with Crippen LogP contribution < -0.4 is 10.6 Å². The van der Waals surface area contributed by atoms with Crippen LogP contribution >= 0.6 is 11.3 Å². The van der Waals surface area contributed by atoms with E-state index in [4.69, 9.17) is 0 Å². The number of benzene rings is 1. The third-order valence-electron chi connectivity index (χ3n) is 2.21. The Bertz CT molecular complexity index is 524. The molecule has 1 aromatic carbocycles. The second kappa shape index (κ2) is 4.92. The van der Waals surface area contributed by atoms with Gasteiger partial charge in [-0.1, -0.05) is 29.0 Å². The number of rotatable bonds is 2. The molecule has 2 amide bonds. The van der Waals surface area contributed by atoms with Gasteiger partial charge in [0.2, 0.25) is 5.13 Å². The van der Waals surface area contributed by atoms with E-state index in [-0.39, 0.29) is 6.03 Å². The maximum Gasteiger partial charge on any atom is 0.325 e. The first-order valence-electron chi connectivity index (χ1n) is 5.06. The van der Waals surface area contributed by atoms with Gasteiger partial charge in [-0.25, -0.2) is 4.79 Å². The highest BCUT2D eigenvalue weighted by Crippen LogP contribution is 2.16. The van der Waals surface area contributed by atoms with Gasteiger partial charge in [0.15, 0.2) is 0 Å². The monoisotopic (exact) mass is 248 g/mol. The minimum absolute atomic E-state index is 0.311. The van der Waals surface area contributed by atoms with E-state index in [0.717, 1.165) is 16.8 Å². The SMILES string of the molecule is Cc1ccc(NC(=O)Nc2nncs2)c(C)c1. The number of aromatic nitrogens is 2. The smallest absolute Gasteiger partial charge is 0.307 e. The third-order valence-corrected chi connectivity index (χ3v) is 2.82. The van der Waals surface area contributed by atoms with E-state index in [2.05, 4.69) is 20.8 Å². The van der Waals surface area contributed by atoms with Gasteiger partial charge in [-0.05, 0) is 25.5 Å². The summed E-state index contributed by atoms with van der Waals surface area (Å²) in [7, 11) is 0. The van der Waals surface area contributed by atoms with Crippen molar-refractivity contribution in [2.24, 2.45) is 0 Å². The van der Waals surface area contributed by atoms with E-state index in [9.17, 15) is 4.79 Å². The summed E-state index contributed by atoms with van der Waals surface area (Å²) in [5.74, 6) is 0. The first-order chi connectivity index (χ1) is 8.15. The molecule has 0 bridgehead atoms. The number of hydrogen-bond donors (Lipinski definition) is 2. The van der Waals surface area contributed by atoms with E-state index in [1.807, 2.05) is 32.0 Å². The molecule has 2 rings (SSSR count). The van der Waals surface area contributed by atoms with Gasteiger partial charge in [-0.15, -0.1) is 10.2 Å². The molecule has 5 nitrogen and oxygen atoms in total. The van der Waals surface area contributed by atoms with Crippen LogP contribution in [-0.2, 0) is 0 Å². The predicted molar refractivity (Wildman–Crippen MR) is 68.5 cm³/mol. The molecule has 0 radical (unpaired) electrons. The molecule has 88 valence electrons. The standard InChI is InChI=1S/C11H12N4OS/c1-7-3-4-9(8(2)5-7)13-10(16)14-11-15-12-6-17-11/h3-6H,1-2H3,(H2,13,14,15,16). The van der Waals surface area contributed by atoms with Crippen LogP contribution in [0.2, 0.25) is 0 Å². The third kappa shape index (κ3) is 3.01. The van der Waals surface area contributed by atoms with E-state index in [0.29, 0.717) is 5.13 Å². The second-order valence-corrected chi connectivity index (χ2v) is 4.47. The minimum atomic E-state index is -0.311. The molecule has 0 atom stereocenters. The Morgan fingerprint density at radius 1 is 1.29 bits per heavy atom. The number of nitrogens with one attached hydrogen (secondary N) is 2. The highest BCUT2D eigenvalue weighted by molar-refractivity contribution is 7.13. The van der Waals surface area contributed by atoms with Crippen molar-refractivity contribution in [3.8, 4) is 0 Å². The molecular formula is C11H12N4OS. The molecule has 2 aromatic rings. The van der Waals surface area contributed by atoms with Crippen LogP contribution in [0.25, 0.3) is 0 Å². The van der Waals surface area contributed by atoms with Crippen molar-refractivity contribution in [3.63, 3.8) is 0 Å². The zero-order valence-corrected chi connectivity index (χ0v) is 10.3. The molecule has 0 fully saturated rings. The fourth-order valence-corrected chi connectivity index (χ4v) is 1.87. The molecule has 1 heterocycles. The summed E-state index contributed by atoms with van der Waals surface area (Å²) < 4.78 is 0. The van der Waals surface area contributed by atoms with Gasteiger partial charge < -0.3 is 5.32 Å². The minimum Gasteiger partial charge on any atom is -0.307 e. The summed E-state index contributed by atoms with van der Waals surface area (Å²) in [6.45, 7) is 3.96. The average molecular weight is 248 g/mol. The fraction of sp³-hybridized carbons (Fsp3) is 0.182. The van der Waals surface area contributed by atoms with Crippen molar-refractivity contribution >= 4 is 28.2 Å². The number of carbonyl (C=O) groups is 1. The van der Waals surface area contributed by atoms with Crippen LogP contribution in [0.15, 0.2) is 23.7 Å². The topological polar surface area (TPSA) is 66.9 Å². The zero-order valence-electron chi connectivity index (χ0n) is 9.52. The molecular weight excluding hydrogens is 236 g/mol. The number of amides is 2. The summed E-state index contributed by atoms with van der Waals surface area (Å²) in [5, 5.41) is 13.2. The van der Waals surface area contributed by atoms with Gasteiger partial charge in [-0.2, -0.15) is 0 Å². The van der Waals surface area contributed by atoms with Crippen LogP contribution in [-0.4, -0.2) is 16.2 Å². The van der Waals surface area contributed by atoms with Crippen LogP contribution in [0.1, 0.15) is 11.1 Å². The Morgan fingerprint density at radius 3 is 2.76 bits per heavy atom. The quantitative estimate of drug-likeness (QED) is 0.858. The van der Waals surface area contributed by atoms with E-state index < -0.39 is 0 Å². The van der Waals surface area contributed by atoms with Crippen LogP contribution in [0.5, 0.6) is 0 Å². The van der Waals surface area contributed by atoms with Gasteiger partial charge >= 0.3 is 6.03 Å². The number of urea groups is 1. The molecule has 0 unspecified atom stereocenters. The lowest BCUT2D eigenvalue weighted by Crippen LogP contribution is -2.19. The molecule has 0 aliphatic heterocycles. The Hall–Kier alpha value is -1.95. The van der Waals surface area contributed by atoms with E-state index in [1.54, 1.807) is 5.51 Å².